The molecule has 0 saturated heterocycles. The Morgan fingerprint density at radius 2 is 1.70 bits per heavy atom. The molecule has 0 radical (unpaired) electrons. The highest BCUT2D eigenvalue weighted by Crippen LogP contribution is 2.33. The molecule has 0 atom stereocenters. The normalized spacial score (nSPS) is 10.9. The van der Waals surface area contributed by atoms with E-state index in [9.17, 15) is 4.39 Å². The fraction of sp³-hybridized carbons (Fsp3) is 0.0588. The zero-order valence-electron chi connectivity index (χ0n) is 10.7. The SMILES string of the molecule is NCc1ccc(-c2ccc(Cl)c3ccccc23)cc1F. The molecule has 3 aromatic rings. The minimum atomic E-state index is -0.274. The van der Waals surface area contributed by atoms with Crippen molar-refractivity contribution in [3.63, 3.8) is 0 Å². The van der Waals surface area contributed by atoms with Crippen LogP contribution in [0.15, 0.2) is 54.6 Å². The third-order valence-corrected chi connectivity index (χ3v) is 3.78. The van der Waals surface area contributed by atoms with Crippen molar-refractivity contribution in [2.45, 2.75) is 6.54 Å². The Balaban J connectivity index is 2.25. The smallest absolute Gasteiger partial charge is 0.128 e. The molecule has 3 rings (SSSR count). The number of nitrogens with two attached hydrogens (primary N) is 1. The van der Waals surface area contributed by atoms with Gasteiger partial charge in [-0.05, 0) is 28.6 Å². The number of rotatable bonds is 2. The van der Waals surface area contributed by atoms with Crippen molar-refractivity contribution in [3.05, 3.63) is 71.0 Å². The summed E-state index contributed by atoms with van der Waals surface area (Å²) < 4.78 is 13.9. The first kappa shape index (κ1) is 13.1. The molecule has 20 heavy (non-hydrogen) atoms. The molecular formula is C17H13ClFN. The van der Waals surface area contributed by atoms with Crippen LogP contribution in [0.4, 0.5) is 4.39 Å². The van der Waals surface area contributed by atoms with Gasteiger partial charge in [0.1, 0.15) is 5.82 Å². The maximum atomic E-state index is 13.9. The Labute approximate surface area is 121 Å². The summed E-state index contributed by atoms with van der Waals surface area (Å²) in [4.78, 5) is 0. The van der Waals surface area contributed by atoms with Gasteiger partial charge in [0.15, 0.2) is 0 Å². The Hall–Kier alpha value is -1.90. The Kier molecular flexibility index (Phi) is 3.43. The first-order chi connectivity index (χ1) is 9.70. The summed E-state index contributed by atoms with van der Waals surface area (Å²) in [6.07, 6.45) is 0. The Morgan fingerprint density at radius 3 is 2.40 bits per heavy atom. The quantitative estimate of drug-likeness (QED) is 0.722. The second-order valence-electron chi connectivity index (χ2n) is 4.65. The minimum absolute atomic E-state index is 0.202. The molecule has 0 aromatic heterocycles. The first-order valence-corrected chi connectivity index (χ1v) is 6.74. The average molecular weight is 286 g/mol. The fourth-order valence-corrected chi connectivity index (χ4v) is 2.62. The van der Waals surface area contributed by atoms with Crippen LogP contribution in [0.5, 0.6) is 0 Å². The van der Waals surface area contributed by atoms with Crippen LogP contribution >= 0.6 is 11.6 Å². The highest BCUT2D eigenvalue weighted by molar-refractivity contribution is 6.36. The molecule has 0 spiro atoms. The van der Waals surface area contributed by atoms with E-state index in [4.69, 9.17) is 17.3 Å². The zero-order chi connectivity index (χ0) is 14.1. The van der Waals surface area contributed by atoms with Crippen molar-refractivity contribution in [1.29, 1.82) is 0 Å². The lowest BCUT2D eigenvalue weighted by Gasteiger charge is -2.09. The van der Waals surface area contributed by atoms with Gasteiger partial charge in [-0.15, -0.1) is 0 Å². The van der Waals surface area contributed by atoms with Crippen molar-refractivity contribution >= 4 is 22.4 Å². The monoisotopic (exact) mass is 285 g/mol. The van der Waals surface area contributed by atoms with Crippen molar-refractivity contribution in [2.24, 2.45) is 5.73 Å². The van der Waals surface area contributed by atoms with Gasteiger partial charge in [0.2, 0.25) is 0 Å². The van der Waals surface area contributed by atoms with Crippen LogP contribution in [0.2, 0.25) is 5.02 Å². The van der Waals surface area contributed by atoms with Gasteiger partial charge in [-0.25, -0.2) is 4.39 Å². The number of halogens is 2. The summed E-state index contributed by atoms with van der Waals surface area (Å²) in [6, 6.07) is 16.8. The molecule has 3 heteroatoms. The van der Waals surface area contributed by atoms with Gasteiger partial charge in [0, 0.05) is 22.5 Å². The van der Waals surface area contributed by atoms with Gasteiger partial charge in [0.05, 0.1) is 0 Å². The third kappa shape index (κ3) is 2.17. The Bertz CT molecular complexity index is 783. The molecule has 0 aliphatic carbocycles. The molecule has 0 fully saturated rings. The number of benzene rings is 3. The van der Waals surface area contributed by atoms with Crippen LogP contribution < -0.4 is 5.73 Å². The lowest BCUT2D eigenvalue weighted by Crippen LogP contribution is -1.99. The predicted octanol–water partition coefficient (Wildman–Crippen LogP) is 4.76. The molecule has 0 aliphatic rings. The van der Waals surface area contributed by atoms with E-state index in [0.29, 0.717) is 10.6 Å². The zero-order valence-corrected chi connectivity index (χ0v) is 11.5. The summed E-state index contributed by atoms with van der Waals surface area (Å²) in [6.45, 7) is 0.202. The van der Waals surface area contributed by atoms with E-state index in [1.54, 1.807) is 6.07 Å². The summed E-state index contributed by atoms with van der Waals surface area (Å²) in [7, 11) is 0. The van der Waals surface area contributed by atoms with Crippen molar-refractivity contribution in [1.82, 2.24) is 0 Å². The highest BCUT2D eigenvalue weighted by atomic mass is 35.5. The average Bonchev–Trinajstić information content (AvgIpc) is 2.48. The number of fused-ring (bicyclic) bond motifs is 1. The van der Waals surface area contributed by atoms with Gasteiger partial charge >= 0.3 is 0 Å². The van der Waals surface area contributed by atoms with E-state index < -0.39 is 0 Å². The second-order valence-corrected chi connectivity index (χ2v) is 5.06. The first-order valence-electron chi connectivity index (χ1n) is 6.37. The van der Waals surface area contributed by atoms with Crippen LogP contribution in [0.25, 0.3) is 21.9 Å². The third-order valence-electron chi connectivity index (χ3n) is 3.45. The van der Waals surface area contributed by atoms with E-state index in [1.807, 2.05) is 42.5 Å². The maximum absolute atomic E-state index is 13.9. The lowest BCUT2D eigenvalue weighted by molar-refractivity contribution is 0.611. The molecule has 2 N–H and O–H groups in total. The molecular weight excluding hydrogens is 273 g/mol. The van der Waals surface area contributed by atoms with Crippen LogP contribution in [0.1, 0.15) is 5.56 Å². The molecule has 0 saturated carbocycles. The van der Waals surface area contributed by atoms with Crippen molar-refractivity contribution < 1.29 is 4.39 Å². The van der Waals surface area contributed by atoms with Gasteiger partial charge in [0.25, 0.3) is 0 Å². The molecule has 1 nitrogen and oxygen atoms in total. The standard InChI is InChI=1S/C17H13ClFN/c18-16-8-7-13(14-3-1-2-4-15(14)16)11-5-6-12(10-20)17(19)9-11/h1-9H,10,20H2. The van der Waals surface area contributed by atoms with Crippen LogP contribution in [-0.4, -0.2) is 0 Å². The largest absolute Gasteiger partial charge is 0.326 e. The van der Waals surface area contributed by atoms with Crippen LogP contribution in [0.3, 0.4) is 0 Å². The molecule has 3 aromatic carbocycles. The van der Waals surface area contributed by atoms with Crippen LogP contribution in [-0.2, 0) is 6.54 Å². The second kappa shape index (κ2) is 5.23. The minimum Gasteiger partial charge on any atom is -0.326 e. The lowest BCUT2D eigenvalue weighted by atomic mass is 9.97. The Morgan fingerprint density at radius 1 is 0.950 bits per heavy atom. The number of hydrogen-bond acceptors (Lipinski definition) is 1. The maximum Gasteiger partial charge on any atom is 0.128 e. The van der Waals surface area contributed by atoms with Crippen molar-refractivity contribution in [2.75, 3.05) is 0 Å². The summed E-state index contributed by atoms with van der Waals surface area (Å²) in [5.74, 6) is -0.274. The van der Waals surface area contributed by atoms with Gasteiger partial charge in [-0.2, -0.15) is 0 Å². The molecule has 100 valence electrons. The topological polar surface area (TPSA) is 26.0 Å². The fourth-order valence-electron chi connectivity index (χ4n) is 2.39. The molecule has 0 unspecified atom stereocenters. The van der Waals surface area contributed by atoms with Gasteiger partial charge in [-0.3, -0.25) is 0 Å². The highest BCUT2D eigenvalue weighted by Gasteiger charge is 2.08. The summed E-state index contributed by atoms with van der Waals surface area (Å²) in [5, 5.41) is 2.68. The molecule has 0 bridgehead atoms. The van der Waals surface area contributed by atoms with E-state index in [-0.39, 0.29) is 12.4 Å². The molecule has 0 heterocycles. The van der Waals surface area contributed by atoms with E-state index in [2.05, 4.69) is 0 Å². The summed E-state index contributed by atoms with van der Waals surface area (Å²) in [5.41, 5.74) is 7.80. The van der Waals surface area contributed by atoms with Crippen molar-refractivity contribution in [3.8, 4) is 11.1 Å². The summed E-state index contributed by atoms with van der Waals surface area (Å²) >= 11 is 6.20. The molecule has 0 amide bonds. The van der Waals surface area contributed by atoms with Gasteiger partial charge < -0.3 is 5.73 Å². The van der Waals surface area contributed by atoms with E-state index in [1.165, 1.54) is 6.07 Å². The van der Waals surface area contributed by atoms with E-state index >= 15 is 0 Å². The van der Waals surface area contributed by atoms with E-state index in [0.717, 1.165) is 21.9 Å². The van der Waals surface area contributed by atoms with Crippen LogP contribution in [0, 0.1) is 5.82 Å². The molecule has 0 aliphatic heterocycles. The van der Waals surface area contributed by atoms with Gasteiger partial charge in [-0.1, -0.05) is 54.1 Å². The number of hydrogen-bond donors (Lipinski definition) is 1. The predicted molar refractivity (Wildman–Crippen MR) is 82.2 cm³/mol.